The van der Waals surface area contributed by atoms with Crippen LogP contribution in [0.4, 0.5) is 0 Å². The summed E-state index contributed by atoms with van der Waals surface area (Å²) in [6, 6.07) is 17.9. The predicted molar refractivity (Wildman–Crippen MR) is 89.4 cm³/mol. The van der Waals surface area contributed by atoms with Gasteiger partial charge in [-0.15, -0.1) is 0 Å². The third-order valence-corrected chi connectivity index (χ3v) is 5.52. The van der Waals surface area contributed by atoms with Crippen molar-refractivity contribution in [3.63, 3.8) is 0 Å². The van der Waals surface area contributed by atoms with Crippen LogP contribution >= 0.6 is 23.5 Å². The van der Waals surface area contributed by atoms with Crippen LogP contribution < -0.4 is 0 Å². The Morgan fingerprint density at radius 1 is 0.737 bits per heavy atom. The SMILES string of the molecule is CSCC1(CSC)c2ccccc2-c2ccccc21. The number of hydrogen-bond donors (Lipinski definition) is 0. The highest BCUT2D eigenvalue weighted by molar-refractivity contribution is 7.99. The highest BCUT2D eigenvalue weighted by Gasteiger charge is 2.41. The first-order valence-electron chi connectivity index (χ1n) is 6.51. The summed E-state index contributed by atoms with van der Waals surface area (Å²) in [6.45, 7) is 0. The molecule has 0 saturated heterocycles. The van der Waals surface area contributed by atoms with Gasteiger partial charge >= 0.3 is 0 Å². The van der Waals surface area contributed by atoms with Gasteiger partial charge in [-0.3, -0.25) is 0 Å². The van der Waals surface area contributed by atoms with Crippen molar-refractivity contribution in [3.8, 4) is 11.1 Å². The minimum absolute atomic E-state index is 0.187. The molecule has 0 spiro atoms. The molecule has 0 aromatic heterocycles. The molecule has 0 heterocycles. The van der Waals surface area contributed by atoms with Crippen molar-refractivity contribution in [2.75, 3.05) is 24.0 Å². The zero-order valence-electron chi connectivity index (χ0n) is 11.3. The van der Waals surface area contributed by atoms with E-state index in [9.17, 15) is 0 Å². The molecule has 19 heavy (non-hydrogen) atoms. The van der Waals surface area contributed by atoms with Crippen molar-refractivity contribution in [3.05, 3.63) is 59.7 Å². The molecule has 2 aromatic rings. The molecule has 1 aliphatic rings. The monoisotopic (exact) mass is 286 g/mol. The fourth-order valence-electron chi connectivity index (χ4n) is 3.26. The molecule has 0 fully saturated rings. The van der Waals surface area contributed by atoms with E-state index in [1.54, 1.807) is 0 Å². The van der Waals surface area contributed by atoms with Crippen LogP contribution in [-0.4, -0.2) is 24.0 Å². The van der Waals surface area contributed by atoms with E-state index in [2.05, 4.69) is 61.0 Å². The van der Waals surface area contributed by atoms with Gasteiger partial charge in [-0.2, -0.15) is 23.5 Å². The highest BCUT2D eigenvalue weighted by Crippen LogP contribution is 2.51. The average Bonchev–Trinajstić information content (AvgIpc) is 2.72. The number of fused-ring (bicyclic) bond motifs is 3. The molecule has 0 radical (unpaired) electrons. The number of thioether (sulfide) groups is 2. The van der Waals surface area contributed by atoms with Gasteiger partial charge in [0.05, 0.1) is 0 Å². The van der Waals surface area contributed by atoms with Crippen LogP contribution in [0.3, 0.4) is 0 Å². The Bertz CT molecular complexity index is 536. The average molecular weight is 286 g/mol. The third kappa shape index (κ3) is 1.93. The van der Waals surface area contributed by atoms with Crippen molar-refractivity contribution >= 4 is 23.5 Å². The van der Waals surface area contributed by atoms with Crippen molar-refractivity contribution in [2.45, 2.75) is 5.41 Å². The Hall–Kier alpha value is -0.860. The van der Waals surface area contributed by atoms with Crippen LogP contribution in [-0.2, 0) is 5.41 Å². The number of benzene rings is 2. The zero-order valence-corrected chi connectivity index (χ0v) is 13.0. The van der Waals surface area contributed by atoms with Gasteiger partial charge in [0.2, 0.25) is 0 Å². The summed E-state index contributed by atoms with van der Waals surface area (Å²) in [5, 5.41) is 0. The molecular formula is C17H18S2. The van der Waals surface area contributed by atoms with Crippen LogP contribution in [0.2, 0.25) is 0 Å². The quantitative estimate of drug-likeness (QED) is 0.800. The van der Waals surface area contributed by atoms with Gasteiger partial charge in [0.15, 0.2) is 0 Å². The summed E-state index contributed by atoms with van der Waals surface area (Å²) < 4.78 is 0. The molecule has 1 aliphatic carbocycles. The molecule has 0 amide bonds. The first-order valence-corrected chi connectivity index (χ1v) is 9.29. The third-order valence-electron chi connectivity index (χ3n) is 3.96. The van der Waals surface area contributed by atoms with Crippen LogP contribution in [0, 0.1) is 0 Å². The lowest BCUT2D eigenvalue weighted by molar-refractivity contribution is 0.687. The molecule has 0 bridgehead atoms. The first-order chi connectivity index (χ1) is 9.33. The summed E-state index contributed by atoms with van der Waals surface area (Å²) in [6.07, 6.45) is 4.43. The van der Waals surface area contributed by atoms with Gasteiger partial charge in [0.1, 0.15) is 0 Å². The van der Waals surface area contributed by atoms with E-state index in [0.717, 1.165) is 11.5 Å². The highest BCUT2D eigenvalue weighted by atomic mass is 32.2. The summed E-state index contributed by atoms with van der Waals surface area (Å²) in [5.74, 6) is 2.31. The van der Waals surface area contributed by atoms with Crippen molar-refractivity contribution in [1.29, 1.82) is 0 Å². The van der Waals surface area contributed by atoms with Crippen LogP contribution in [0.25, 0.3) is 11.1 Å². The Labute approximate surface area is 124 Å². The largest absolute Gasteiger partial charge is 0.164 e. The lowest BCUT2D eigenvalue weighted by Crippen LogP contribution is -2.31. The minimum atomic E-state index is 0.187. The maximum absolute atomic E-state index is 2.32. The molecule has 2 aromatic carbocycles. The molecule has 0 saturated carbocycles. The Balaban J connectivity index is 2.28. The van der Waals surface area contributed by atoms with Gasteiger partial charge in [-0.25, -0.2) is 0 Å². The van der Waals surface area contributed by atoms with Crippen molar-refractivity contribution in [2.24, 2.45) is 0 Å². The predicted octanol–water partition coefficient (Wildman–Crippen LogP) is 4.68. The van der Waals surface area contributed by atoms with Gasteiger partial charge in [-0.1, -0.05) is 48.5 Å². The van der Waals surface area contributed by atoms with Crippen LogP contribution in [0.1, 0.15) is 11.1 Å². The van der Waals surface area contributed by atoms with E-state index in [4.69, 9.17) is 0 Å². The lowest BCUT2D eigenvalue weighted by atomic mass is 9.82. The van der Waals surface area contributed by atoms with E-state index >= 15 is 0 Å². The fraction of sp³-hybridized carbons (Fsp3) is 0.294. The molecule has 0 unspecified atom stereocenters. The normalized spacial score (nSPS) is 15.1. The molecule has 2 heteroatoms. The number of hydrogen-bond acceptors (Lipinski definition) is 2. The summed E-state index contributed by atoms with van der Waals surface area (Å²) in [4.78, 5) is 0. The second-order valence-corrected chi connectivity index (χ2v) is 6.77. The summed E-state index contributed by atoms with van der Waals surface area (Å²) >= 11 is 3.90. The number of rotatable bonds is 4. The molecule has 0 N–H and O–H groups in total. The Morgan fingerprint density at radius 2 is 1.16 bits per heavy atom. The van der Waals surface area contributed by atoms with E-state index in [-0.39, 0.29) is 5.41 Å². The first kappa shape index (κ1) is 13.1. The van der Waals surface area contributed by atoms with Gasteiger partial charge in [0, 0.05) is 16.9 Å². The standard InChI is InChI=1S/C17H18S2/c1-18-11-17(12-19-2)15-9-5-3-7-13(15)14-8-4-6-10-16(14)17/h3-10H,11-12H2,1-2H3. The summed E-state index contributed by atoms with van der Waals surface area (Å²) in [7, 11) is 0. The van der Waals surface area contributed by atoms with Crippen molar-refractivity contribution in [1.82, 2.24) is 0 Å². The maximum atomic E-state index is 2.32. The van der Waals surface area contributed by atoms with E-state index < -0.39 is 0 Å². The van der Waals surface area contributed by atoms with Crippen LogP contribution in [0.15, 0.2) is 48.5 Å². The molecule has 98 valence electrons. The Morgan fingerprint density at radius 3 is 1.58 bits per heavy atom. The van der Waals surface area contributed by atoms with Crippen LogP contribution in [0.5, 0.6) is 0 Å². The van der Waals surface area contributed by atoms with E-state index in [0.29, 0.717) is 0 Å². The minimum Gasteiger partial charge on any atom is -0.164 e. The molecular weight excluding hydrogens is 268 g/mol. The second-order valence-electron chi connectivity index (χ2n) is 5.04. The second kappa shape index (κ2) is 5.26. The smallest absolute Gasteiger partial charge is 0.0395 e. The van der Waals surface area contributed by atoms with Crippen molar-refractivity contribution < 1.29 is 0 Å². The summed E-state index contributed by atoms with van der Waals surface area (Å²) in [5.41, 5.74) is 6.08. The zero-order chi connectivity index (χ0) is 13.3. The molecule has 0 nitrogen and oxygen atoms in total. The molecule has 0 atom stereocenters. The molecule has 0 aliphatic heterocycles. The van der Waals surface area contributed by atoms with Gasteiger partial charge in [0.25, 0.3) is 0 Å². The molecule has 3 rings (SSSR count). The topological polar surface area (TPSA) is 0 Å². The van der Waals surface area contributed by atoms with Gasteiger partial charge < -0.3 is 0 Å². The van der Waals surface area contributed by atoms with E-state index in [1.807, 2.05) is 23.5 Å². The van der Waals surface area contributed by atoms with E-state index in [1.165, 1.54) is 22.3 Å². The fourth-order valence-corrected chi connectivity index (χ4v) is 5.20. The Kier molecular flexibility index (Phi) is 3.64. The maximum Gasteiger partial charge on any atom is 0.0395 e. The van der Waals surface area contributed by atoms with Gasteiger partial charge in [-0.05, 0) is 34.8 Å². The lowest BCUT2D eigenvalue weighted by Gasteiger charge is -2.30.